The molecule has 5 nitrogen and oxygen atoms in total. The fraction of sp³-hybridized carbons (Fsp3) is 0.136. The summed E-state index contributed by atoms with van der Waals surface area (Å²) in [5, 5.41) is 4.85. The normalized spacial score (nSPS) is 11.0. The maximum atomic E-state index is 13.3. The molecule has 0 unspecified atom stereocenters. The molecule has 4 rings (SSSR count). The van der Waals surface area contributed by atoms with E-state index in [0.717, 1.165) is 34.9 Å². The Morgan fingerprint density at radius 3 is 2.53 bits per heavy atom. The second-order valence-corrected chi connectivity index (χ2v) is 7.75. The van der Waals surface area contributed by atoms with Crippen molar-refractivity contribution >= 4 is 33.1 Å². The first-order valence-electron chi connectivity index (χ1n) is 9.20. The molecule has 0 saturated carbocycles. The van der Waals surface area contributed by atoms with E-state index >= 15 is 0 Å². The van der Waals surface area contributed by atoms with Gasteiger partial charge in [0, 0.05) is 35.7 Å². The molecule has 0 spiro atoms. The predicted octanol–water partition coefficient (Wildman–Crippen LogP) is 4.74. The number of nitrogens with one attached hydrogen (secondary N) is 1. The molecule has 8 heteroatoms. The topological polar surface area (TPSA) is 64.0 Å². The molecule has 2 heterocycles. The van der Waals surface area contributed by atoms with Crippen molar-refractivity contribution in [3.63, 3.8) is 0 Å². The monoisotopic (exact) mass is 425 g/mol. The molecule has 0 aliphatic heterocycles. The van der Waals surface area contributed by atoms with E-state index in [-0.39, 0.29) is 24.2 Å². The molecule has 4 aromatic rings. The number of halogens is 2. The Kier molecular flexibility index (Phi) is 5.41. The second kappa shape index (κ2) is 8.16. The summed E-state index contributed by atoms with van der Waals surface area (Å²) in [4.78, 5) is 30.1. The Labute approximate surface area is 174 Å². The summed E-state index contributed by atoms with van der Waals surface area (Å²) in [5.41, 5.74) is 2.65. The molecule has 0 saturated heterocycles. The number of anilines is 1. The van der Waals surface area contributed by atoms with Crippen LogP contribution in [0.2, 0.25) is 0 Å². The van der Waals surface area contributed by atoms with Crippen LogP contribution in [-0.4, -0.2) is 15.5 Å². The zero-order valence-corrected chi connectivity index (χ0v) is 16.8. The number of rotatable bonds is 5. The highest BCUT2D eigenvalue weighted by molar-refractivity contribution is 7.17. The lowest BCUT2D eigenvalue weighted by molar-refractivity contribution is -0.116. The van der Waals surface area contributed by atoms with E-state index in [2.05, 4.69) is 10.3 Å². The molecule has 0 fully saturated rings. The number of aryl methyl sites for hydroxylation is 2. The van der Waals surface area contributed by atoms with Crippen LogP contribution in [0.15, 0.2) is 59.0 Å². The zero-order valence-electron chi connectivity index (χ0n) is 16.0. The fourth-order valence-corrected chi connectivity index (χ4v) is 4.05. The molecule has 0 aliphatic carbocycles. The summed E-state index contributed by atoms with van der Waals surface area (Å²) in [6.45, 7) is 2.09. The first kappa shape index (κ1) is 19.9. The Bertz CT molecular complexity index is 1280. The Balaban J connectivity index is 1.55. The Morgan fingerprint density at radius 1 is 1.13 bits per heavy atom. The van der Waals surface area contributed by atoms with Crippen LogP contribution < -0.4 is 10.9 Å². The molecule has 0 aliphatic rings. The summed E-state index contributed by atoms with van der Waals surface area (Å²) in [6.07, 6.45) is 1.37. The molecule has 152 valence electrons. The van der Waals surface area contributed by atoms with E-state index < -0.39 is 17.5 Å². The highest BCUT2D eigenvalue weighted by Gasteiger charge is 2.14. The van der Waals surface area contributed by atoms with Crippen molar-refractivity contribution in [3.8, 4) is 11.1 Å². The number of amides is 1. The van der Waals surface area contributed by atoms with Crippen molar-refractivity contribution in [3.05, 3.63) is 81.7 Å². The molecule has 1 N–H and O–H groups in total. The lowest BCUT2D eigenvalue weighted by atomic mass is 10.1. The Hall–Kier alpha value is -3.39. The molecule has 2 aromatic carbocycles. The molecule has 30 heavy (non-hydrogen) atoms. The van der Waals surface area contributed by atoms with Crippen LogP contribution in [-0.2, 0) is 11.3 Å². The van der Waals surface area contributed by atoms with Crippen molar-refractivity contribution in [2.24, 2.45) is 0 Å². The highest BCUT2D eigenvalue weighted by atomic mass is 32.1. The van der Waals surface area contributed by atoms with Gasteiger partial charge < -0.3 is 5.32 Å². The average molecular weight is 425 g/mol. The number of hydrogen-bond donors (Lipinski definition) is 1. The maximum Gasteiger partial charge on any atom is 0.262 e. The molecule has 0 bridgehead atoms. The fourth-order valence-electron chi connectivity index (χ4n) is 3.14. The number of carbonyl (C=O) groups excluding carboxylic acids is 1. The van der Waals surface area contributed by atoms with E-state index in [1.807, 2.05) is 36.6 Å². The largest absolute Gasteiger partial charge is 0.326 e. The lowest BCUT2D eigenvalue weighted by Gasteiger charge is -2.08. The van der Waals surface area contributed by atoms with E-state index in [1.54, 1.807) is 0 Å². The van der Waals surface area contributed by atoms with Crippen LogP contribution in [0.25, 0.3) is 21.3 Å². The number of aromatic nitrogens is 2. The number of carbonyl (C=O) groups is 1. The number of hydrogen-bond acceptors (Lipinski definition) is 4. The minimum Gasteiger partial charge on any atom is -0.326 e. The van der Waals surface area contributed by atoms with Gasteiger partial charge in [0.1, 0.15) is 16.5 Å². The Morgan fingerprint density at radius 2 is 1.83 bits per heavy atom. The number of thiophene rings is 1. The van der Waals surface area contributed by atoms with Gasteiger partial charge in [-0.2, -0.15) is 0 Å². The molecular weight excluding hydrogens is 408 g/mol. The van der Waals surface area contributed by atoms with Gasteiger partial charge >= 0.3 is 0 Å². The quantitative estimate of drug-likeness (QED) is 0.502. The van der Waals surface area contributed by atoms with Gasteiger partial charge in [-0.25, -0.2) is 13.8 Å². The standard InChI is InChI=1S/C22H17F2N3O2S/c1-13-2-4-14(5-3-13)18-11-30-21-20(18)22(29)27(12-25-21)7-6-19(28)26-17-9-15(23)8-16(24)10-17/h2-5,8-12H,6-7H2,1H3,(H,26,28). The van der Waals surface area contributed by atoms with E-state index in [0.29, 0.717) is 10.2 Å². The summed E-state index contributed by atoms with van der Waals surface area (Å²) in [6, 6.07) is 10.7. The van der Waals surface area contributed by atoms with Gasteiger partial charge in [0.25, 0.3) is 5.56 Å². The molecule has 1 amide bonds. The van der Waals surface area contributed by atoms with Crippen molar-refractivity contribution in [1.82, 2.24) is 9.55 Å². The van der Waals surface area contributed by atoms with Gasteiger partial charge in [-0.3, -0.25) is 14.2 Å². The summed E-state index contributed by atoms with van der Waals surface area (Å²) < 4.78 is 27.9. The minimum atomic E-state index is -0.780. The third kappa shape index (κ3) is 4.13. The third-order valence-corrected chi connectivity index (χ3v) is 5.54. The second-order valence-electron chi connectivity index (χ2n) is 6.89. The van der Waals surface area contributed by atoms with Gasteiger partial charge in [0.2, 0.25) is 5.91 Å². The van der Waals surface area contributed by atoms with Gasteiger partial charge in [0.05, 0.1) is 11.7 Å². The first-order chi connectivity index (χ1) is 14.4. The van der Waals surface area contributed by atoms with Gasteiger partial charge in [-0.15, -0.1) is 11.3 Å². The SMILES string of the molecule is Cc1ccc(-c2csc3ncn(CCC(=O)Nc4cc(F)cc(F)c4)c(=O)c23)cc1. The van der Waals surface area contributed by atoms with Crippen LogP contribution in [0.4, 0.5) is 14.5 Å². The lowest BCUT2D eigenvalue weighted by Crippen LogP contribution is -2.23. The minimum absolute atomic E-state index is 0.0258. The van der Waals surface area contributed by atoms with Gasteiger partial charge in [-0.1, -0.05) is 29.8 Å². The maximum absolute atomic E-state index is 13.3. The van der Waals surface area contributed by atoms with Crippen LogP contribution in [0.3, 0.4) is 0 Å². The van der Waals surface area contributed by atoms with Crippen molar-refractivity contribution in [2.45, 2.75) is 19.9 Å². The molecule has 0 radical (unpaired) electrons. The smallest absolute Gasteiger partial charge is 0.262 e. The number of fused-ring (bicyclic) bond motifs is 1. The van der Waals surface area contributed by atoms with Crippen LogP contribution >= 0.6 is 11.3 Å². The number of benzene rings is 2. The molecule has 0 atom stereocenters. The zero-order chi connectivity index (χ0) is 21.3. The predicted molar refractivity (Wildman–Crippen MR) is 114 cm³/mol. The average Bonchev–Trinajstić information content (AvgIpc) is 3.12. The first-order valence-corrected chi connectivity index (χ1v) is 10.1. The summed E-state index contributed by atoms with van der Waals surface area (Å²) in [7, 11) is 0. The van der Waals surface area contributed by atoms with Gasteiger partial charge in [0.15, 0.2) is 0 Å². The van der Waals surface area contributed by atoms with Crippen LogP contribution in [0.5, 0.6) is 0 Å². The third-order valence-electron chi connectivity index (χ3n) is 4.65. The van der Waals surface area contributed by atoms with Crippen molar-refractivity contribution < 1.29 is 13.6 Å². The van der Waals surface area contributed by atoms with Crippen LogP contribution in [0, 0.1) is 18.6 Å². The highest BCUT2D eigenvalue weighted by Crippen LogP contribution is 2.30. The summed E-state index contributed by atoms with van der Waals surface area (Å²) in [5.74, 6) is -2.02. The summed E-state index contributed by atoms with van der Waals surface area (Å²) >= 11 is 1.39. The van der Waals surface area contributed by atoms with Crippen molar-refractivity contribution in [2.75, 3.05) is 5.32 Å². The molecule has 2 aromatic heterocycles. The van der Waals surface area contributed by atoms with Crippen LogP contribution in [0.1, 0.15) is 12.0 Å². The van der Waals surface area contributed by atoms with E-state index in [9.17, 15) is 18.4 Å². The van der Waals surface area contributed by atoms with Crippen molar-refractivity contribution in [1.29, 1.82) is 0 Å². The van der Waals surface area contributed by atoms with Gasteiger partial charge in [-0.05, 0) is 24.6 Å². The van der Waals surface area contributed by atoms with E-state index in [1.165, 1.54) is 22.2 Å². The van der Waals surface area contributed by atoms with E-state index in [4.69, 9.17) is 0 Å². The molecular formula is C22H17F2N3O2S. The number of nitrogens with zero attached hydrogens (tertiary/aromatic N) is 2.